The molecule has 1 fully saturated rings. The van der Waals surface area contributed by atoms with Crippen LogP contribution in [0.25, 0.3) is 0 Å². The lowest BCUT2D eigenvalue weighted by Gasteiger charge is -2.37. The summed E-state index contributed by atoms with van der Waals surface area (Å²) in [5.41, 5.74) is -0.779. The van der Waals surface area contributed by atoms with Gasteiger partial charge in [-0.2, -0.15) is 0 Å². The van der Waals surface area contributed by atoms with Gasteiger partial charge in [-0.05, 0) is 19.3 Å². The van der Waals surface area contributed by atoms with Crippen LogP contribution in [0.15, 0.2) is 0 Å². The number of methoxy groups -OCH3 is 2. The number of carboxylic acid groups (broad SMARTS) is 1. The third-order valence-electron chi connectivity index (χ3n) is 3.74. The number of ether oxygens (including phenoxy) is 3. The third-order valence-corrected chi connectivity index (χ3v) is 3.74. The predicted octanol–water partition coefficient (Wildman–Crippen LogP) is 0.853. The Morgan fingerprint density at radius 1 is 1.30 bits per heavy atom. The molecule has 1 aliphatic heterocycles. The molecule has 0 aliphatic carbocycles. The van der Waals surface area contributed by atoms with Gasteiger partial charge in [0.25, 0.3) is 0 Å². The highest BCUT2D eigenvalue weighted by Crippen LogP contribution is 2.30. The van der Waals surface area contributed by atoms with Gasteiger partial charge in [-0.25, -0.2) is 0 Å². The molecular formula is C14H27NO5. The molecule has 6 nitrogen and oxygen atoms in total. The van der Waals surface area contributed by atoms with Gasteiger partial charge in [0.05, 0.1) is 13.2 Å². The van der Waals surface area contributed by atoms with Crippen molar-refractivity contribution in [2.24, 2.45) is 5.41 Å². The molecule has 0 saturated carbocycles. The number of rotatable bonds is 10. The first-order valence-electron chi connectivity index (χ1n) is 7.16. The first kappa shape index (κ1) is 17.4. The van der Waals surface area contributed by atoms with E-state index in [0.29, 0.717) is 39.4 Å². The largest absolute Gasteiger partial charge is 0.481 e. The van der Waals surface area contributed by atoms with Crippen molar-refractivity contribution in [1.82, 2.24) is 4.90 Å². The van der Waals surface area contributed by atoms with Gasteiger partial charge in [0.1, 0.15) is 5.41 Å². The normalized spacial score (nSPS) is 23.1. The lowest BCUT2D eigenvalue weighted by molar-refractivity contribution is -0.159. The van der Waals surface area contributed by atoms with E-state index in [1.807, 2.05) is 0 Å². The van der Waals surface area contributed by atoms with Crippen LogP contribution in [-0.2, 0) is 19.0 Å². The Morgan fingerprint density at radius 3 is 2.60 bits per heavy atom. The van der Waals surface area contributed by atoms with E-state index in [2.05, 4.69) is 4.90 Å². The fourth-order valence-electron chi connectivity index (χ4n) is 2.56. The highest BCUT2D eigenvalue weighted by Gasteiger charge is 2.41. The smallest absolute Gasteiger partial charge is 0.313 e. The quantitative estimate of drug-likeness (QED) is 0.601. The van der Waals surface area contributed by atoms with Crippen molar-refractivity contribution in [3.05, 3.63) is 0 Å². The summed E-state index contributed by atoms with van der Waals surface area (Å²) in [4.78, 5) is 13.8. The Kier molecular flexibility index (Phi) is 8.06. The van der Waals surface area contributed by atoms with E-state index < -0.39 is 11.4 Å². The molecule has 1 unspecified atom stereocenters. The molecular weight excluding hydrogens is 262 g/mol. The zero-order chi connectivity index (χ0) is 14.8. The SMILES string of the molecule is COCCCN(CCOC)CC1(C(=O)O)CCCOC1. The maximum absolute atomic E-state index is 11.7. The van der Waals surface area contributed by atoms with Crippen LogP contribution in [0.3, 0.4) is 0 Å². The van der Waals surface area contributed by atoms with Gasteiger partial charge in [0, 0.05) is 47.1 Å². The van der Waals surface area contributed by atoms with Crippen LogP contribution in [0.5, 0.6) is 0 Å². The van der Waals surface area contributed by atoms with Gasteiger partial charge in [-0.1, -0.05) is 0 Å². The van der Waals surface area contributed by atoms with Crippen molar-refractivity contribution in [3.8, 4) is 0 Å². The Morgan fingerprint density at radius 2 is 2.05 bits per heavy atom. The summed E-state index contributed by atoms with van der Waals surface area (Å²) in [7, 11) is 3.33. The van der Waals surface area contributed by atoms with E-state index in [9.17, 15) is 9.90 Å². The summed E-state index contributed by atoms with van der Waals surface area (Å²) in [6, 6.07) is 0. The highest BCUT2D eigenvalue weighted by molar-refractivity contribution is 5.75. The van der Waals surface area contributed by atoms with Crippen molar-refractivity contribution in [2.75, 3.05) is 60.3 Å². The minimum absolute atomic E-state index is 0.302. The van der Waals surface area contributed by atoms with Crippen LogP contribution in [0, 0.1) is 5.41 Å². The number of carboxylic acids is 1. The van der Waals surface area contributed by atoms with Crippen LogP contribution in [0.1, 0.15) is 19.3 Å². The molecule has 0 amide bonds. The molecule has 0 radical (unpaired) electrons. The van der Waals surface area contributed by atoms with Gasteiger partial charge in [-0.15, -0.1) is 0 Å². The van der Waals surface area contributed by atoms with E-state index in [-0.39, 0.29) is 0 Å². The van der Waals surface area contributed by atoms with Crippen molar-refractivity contribution in [3.63, 3.8) is 0 Å². The zero-order valence-electron chi connectivity index (χ0n) is 12.6. The van der Waals surface area contributed by atoms with E-state index in [4.69, 9.17) is 14.2 Å². The van der Waals surface area contributed by atoms with Crippen LogP contribution in [-0.4, -0.2) is 76.3 Å². The summed E-state index contributed by atoms with van der Waals surface area (Å²) in [6.45, 7) is 4.30. The maximum Gasteiger partial charge on any atom is 0.313 e. The first-order chi connectivity index (χ1) is 9.64. The van der Waals surface area contributed by atoms with E-state index >= 15 is 0 Å². The monoisotopic (exact) mass is 289 g/mol. The molecule has 1 heterocycles. The second-order valence-electron chi connectivity index (χ2n) is 5.36. The number of hydrogen-bond acceptors (Lipinski definition) is 5. The molecule has 1 atom stereocenters. The molecule has 0 aromatic carbocycles. The van der Waals surface area contributed by atoms with Crippen molar-refractivity contribution in [1.29, 1.82) is 0 Å². The van der Waals surface area contributed by atoms with Gasteiger partial charge >= 0.3 is 5.97 Å². The van der Waals surface area contributed by atoms with Gasteiger partial charge in [0.2, 0.25) is 0 Å². The molecule has 1 aliphatic rings. The lowest BCUT2D eigenvalue weighted by Crippen LogP contribution is -2.49. The molecule has 0 aromatic heterocycles. The maximum atomic E-state index is 11.7. The van der Waals surface area contributed by atoms with Crippen molar-refractivity contribution >= 4 is 5.97 Å². The Bertz CT molecular complexity index is 279. The van der Waals surface area contributed by atoms with E-state index in [1.165, 1.54) is 0 Å². The molecule has 6 heteroatoms. The van der Waals surface area contributed by atoms with Crippen LogP contribution in [0.2, 0.25) is 0 Å². The van der Waals surface area contributed by atoms with E-state index in [0.717, 1.165) is 25.9 Å². The molecule has 0 bridgehead atoms. The summed E-state index contributed by atoms with van der Waals surface area (Å²) < 4.78 is 15.6. The molecule has 1 saturated heterocycles. The predicted molar refractivity (Wildman–Crippen MR) is 74.9 cm³/mol. The fraction of sp³-hybridized carbons (Fsp3) is 0.929. The van der Waals surface area contributed by atoms with Crippen LogP contribution >= 0.6 is 0 Å². The molecule has 0 aromatic rings. The summed E-state index contributed by atoms with van der Waals surface area (Å²) >= 11 is 0. The molecule has 1 rings (SSSR count). The second kappa shape index (κ2) is 9.28. The molecule has 118 valence electrons. The molecule has 1 N–H and O–H groups in total. The van der Waals surface area contributed by atoms with Gasteiger partial charge in [-0.3, -0.25) is 9.69 Å². The van der Waals surface area contributed by atoms with E-state index in [1.54, 1.807) is 14.2 Å². The number of carbonyl (C=O) groups is 1. The molecule has 20 heavy (non-hydrogen) atoms. The number of aliphatic carboxylic acids is 1. The lowest BCUT2D eigenvalue weighted by atomic mass is 9.82. The summed E-state index contributed by atoms with van der Waals surface area (Å²) in [5, 5.41) is 9.57. The highest BCUT2D eigenvalue weighted by atomic mass is 16.5. The average Bonchev–Trinajstić information content (AvgIpc) is 2.45. The van der Waals surface area contributed by atoms with Crippen molar-refractivity contribution < 1.29 is 24.1 Å². The fourth-order valence-corrected chi connectivity index (χ4v) is 2.56. The first-order valence-corrected chi connectivity index (χ1v) is 7.16. The third kappa shape index (κ3) is 5.36. The van der Waals surface area contributed by atoms with Gasteiger partial charge in [0.15, 0.2) is 0 Å². The topological polar surface area (TPSA) is 68.2 Å². The summed E-state index contributed by atoms with van der Waals surface area (Å²) in [6.07, 6.45) is 2.37. The number of nitrogens with zero attached hydrogens (tertiary/aromatic N) is 1. The number of hydrogen-bond donors (Lipinski definition) is 1. The Labute approximate surface area is 121 Å². The second-order valence-corrected chi connectivity index (χ2v) is 5.36. The summed E-state index contributed by atoms with van der Waals surface area (Å²) in [5.74, 6) is -0.758. The Hall–Kier alpha value is -0.690. The standard InChI is InChI=1S/C14H27NO5/c1-18-8-4-6-15(7-10-19-2)11-14(13(16)17)5-3-9-20-12-14/h3-12H2,1-2H3,(H,16,17). The average molecular weight is 289 g/mol. The van der Waals surface area contributed by atoms with Crippen LogP contribution < -0.4 is 0 Å². The molecule has 0 spiro atoms. The Balaban J connectivity index is 2.60. The van der Waals surface area contributed by atoms with Crippen molar-refractivity contribution in [2.45, 2.75) is 19.3 Å². The zero-order valence-corrected chi connectivity index (χ0v) is 12.6. The van der Waals surface area contributed by atoms with Gasteiger partial charge < -0.3 is 19.3 Å². The minimum atomic E-state index is -0.779. The van der Waals surface area contributed by atoms with Crippen LogP contribution in [0.4, 0.5) is 0 Å². The minimum Gasteiger partial charge on any atom is -0.481 e.